The second kappa shape index (κ2) is 6.13. The number of aryl methyl sites for hydroxylation is 1. The van der Waals surface area contributed by atoms with E-state index in [0.717, 1.165) is 38.8 Å². The van der Waals surface area contributed by atoms with Gasteiger partial charge in [0.05, 0.1) is 6.54 Å². The molecule has 0 aromatic carbocycles. The minimum Gasteiger partial charge on any atom is -0.424 e. The fourth-order valence-electron chi connectivity index (χ4n) is 3.74. The van der Waals surface area contributed by atoms with Gasteiger partial charge in [-0.25, -0.2) is 0 Å². The number of likely N-dealkylation sites (tertiary alicyclic amines) is 2. The first-order valence-corrected chi connectivity index (χ1v) is 8.01. The summed E-state index contributed by atoms with van der Waals surface area (Å²) >= 11 is 0. The summed E-state index contributed by atoms with van der Waals surface area (Å²) in [6.07, 6.45) is 5.35. The van der Waals surface area contributed by atoms with Crippen molar-refractivity contribution in [3.05, 3.63) is 11.8 Å². The molecule has 1 aromatic heterocycles. The van der Waals surface area contributed by atoms with Crippen LogP contribution in [0.25, 0.3) is 0 Å². The summed E-state index contributed by atoms with van der Waals surface area (Å²) in [7, 11) is 0. The molecule has 2 saturated heterocycles. The average molecular weight is 292 g/mol. The van der Waals surface area contributed by atoms with Crippen molar-refractivity contribution in [2.24, 2.45) is 0 Å². The van der Waals surface area contributed by atoms with Crippen LogP contribution in [0, 0.1) is 0 Å². The molecule has 6 heteroatoms. The second-order valence-corrected chi connectivity index (χ2v) is 6.05. The molecule has 21 heavy (non-hydrogen) atoms. The van der Waals surface area contributed by atoms with Gasteiger partial charge in [0.2, 0.25) is 17.7 Å². The van der Waals surface area contributed by atoms with Crippen LogP contribution in [0.5, 0.6) is 0 Å². The molecular weight excluding hydrogens is 268 g/mol. The summed E-state index contributed by atoms with van der Waals surface area (Å²) in [4.78, 5) is 16.3. The van der Waals surface area contributed by atoms with Crippen molar-refractivity contribution in [3.8, 4) is 0 Å². The van der Waals surface area contributed by atoms with Crippen LogP contribution in [0.4, 0.5) is 0 Å². The molecule has 1 aromatic rings. The molecule has 2 aliphatic rings. The highest BCUT2D eigenvalue weighted by Gasteiger charge is 2.39. The Bertz CT molecular complexity index is 502. The smallest absolute Gasteiger partial charge is 0.230 e. The molecule has 0 aliphatic carbocycles. The Morgan fingerprint density at radius 3 is 2.62 bits per heavy atom. The summed E-state index contributed by atoms with van der Waals surface area (Å²) in [6.45, 7) is 6.36. The van der Waals surface area contributed by atoms with Gasteiger partial charge in [-0.2, -0.15) is 0 Å². The third kappa shape index (κ3) is 2.95. The standard InChI is InChI=1S/C15H24N4O2/c1-3-14-16-17-15(21-14)10-18-8-4-6-12(18)13-7-5-9-19(13)11(2)20/h12-13H,3-10H2,1-2H3/t12-,13-/m1/s1. The molecule has 3 rings (SSSR count). The fraction of sp³-hybridized carbons (Fsp3) is 0.800. The van der Waals surface area contributed by atoms with Gasteiger partial charge >= 0.3 is 0 Å². The van der Waals surface area contributed by atoms with E-state index in [1.807, 2.05) is 11.8 Å². The van der Waals surface area contributed by atoms with Crippen LogP contribution in [0.1, 0.15) is 51.3 Å². The van der Waals surface area contributed by atoms with Gasteiger partial charge in [-0.05, 0) is 32.2 Å². The summed E-state index contributed by atoms with van der Waals surface area (Å²) < 4.78 is 5.64. The maximum atomic E-state index is 11.8. The minimum absolute atomic E-state index is 0.204. The highest BCUT2D eigenvalue weighted by atomic mass is 16.4. The van der Waals surface area contributed by atoms with Crippen LogP contribution in [-0.2, 0) is 17.8 Å². The van der Waals surface area contributed by atoms with Crippen molar-refractivity contribution in [2.75, 3.05) is 13.1 Å². The van der Waals surface area contributed by atoms with E-state index in [9.17, 15) is 4.79 Å². The van der Waals surface area contributed by atoms with Crippen molar-refractivity contribution in [2.45, 2.75) is 64.6 Å². The Morgan fingerprint density at radius 1 is 1.19 bits per heavy atom. The fourth-order valence-corrected chi connectivity index (χ4v) is 3.74. The van der Waals surface area contributed by atoms with E-state index in [4.69, 9.17) is 4.42 Å². The van der Waals surface area contributed by atoms with E-state index in [0.29, 0.717) is 30.4 Å². The van der Waals surface area contributed by atoms with Crippen molar-refractivity contribution in [1.29, 1.82) is 0 Å². The summed E-state index contributed by atoms with van der Waals surface area (Å²) in [5.41, 5.74) is 0. The molecule has 6 nitrogen and oxygen atoms in total. The van der Waals surface area contributed by atoms with E-state index in [1.54, 1.807) is 6.92 Å². The van der Waals surface area contributed by atoms with Crippen LogP contribution >= 0.6 is 0 Å². The van der Waals surface area contributed by atoms with Gasteiger partial charge in [0.25, 0.3) is 0 Å². The predicted octanol–water partition coefficient (Wildman–Crippen LogP) is 1.61. The van der Waals surface area contributed by atoms with Crippen molar-refractivity contribution in [3.63, 3.8) is 0 Å². The van der Waals surface area contributed by atoms with Crippen molar-refractivity contribution >= 4 is 5.91 Å². The van der Waals surface area contributed by atoms with Gasteiger partial charge in [-0.15, -0.1) is 10.2 Å². The molecule has 0 N–H and O–H groups in total. The monoisotopic (exact) mass is 292 g/mol. The largest absolute Gasteiger partial charge is 0.424 e. The molecule has 2 atom stereocenters. The van der Waals surface area contributed by atoms with Crippen molar-refractivity contribution in [1.82, 2.24) is 20.0 Å². The van der Waals surface area contributed by atoms with Crippen LogP contribution < -0.4 is 0 Å². The Labute approximate surface area is 125 Å². The number of hydrogen-bond donors (Lipinski definition) is 0. The lowest BCUT2D eigenvalue weighted by atomic mass is 10.0. The molecule has 0 bridgehead atoms. The lowest BCUT2D eigenvalue weighted by molar-refractivity contribution is -0.130. The molecule has 3 heterocycles. The van der Waals surface area contributed by atoms with Gasteiger partial charge in [-0.1, -0.05) is 6.92 Å². The quantitative estimate of drug-likeness (QED) is 0.843. The molecule has 116 valence electrons. The predicted molar refractivity (Wildman–Crippen MR) is 77.5 cm³/mol. The van der Waals surface area contributed by atoms with Gasteiger partial charge in [0.15, 0.2) is 0 Å². The van der Waals surface area contributed by atoms with E-state index in [1.165, 1.54) is 6.42 Å². The number of rotatable bonds is 4. The van der Waals surface area contributed by atoms with Crippen LogP contribution in [0.3, 0.4) is 0 Å². The lowest BCUT2D eigenvalue weighted by Gasteiger charge is -2.34. The number of nitrogens with zero attached hydrogens (tertiary/aromatic N) is 4. The van der Waals surface area contributed by atoms with Crippen molar-refractivity contribution < 1.29 is 9.21 Å². The molecule has 2 aliphatic heterocycles. The average Bonchev–Trinajstić information content (AvgIpc) is 3.18. The molecule has 2 fully saturated rings. The Morgan fingerprint density at radius 2 is 1.90 bits per heavy atom. The van der Waals surface area contributed by atoms with Gasteiger partial charge in [0.1, 0.15) is 0 Å². The molecule has 0 spiro atoms. The van der Waals surface area contributed by atoms with E-state index in [-0.39, 0.29) is 5.91 Å². The number of carbonyl (C=O) groups excluding carboxylic acids is 1. The van der Waals surface area contributed by atoms with Crippen LogP contribution in [0.2, 0.25) is 0 Å². The zero-order valence-electron chi connectivity index (χ0n) is 12.9. The second-order valence-electron chi connectivity index (χ2n) is 6.05. The zero-order chi connectivity index (χ0) is 14.8. The number of carbonyl (C=O) groups is 1. The van der Waals surface area contributed by atoms with E-state index in [2.05, 4.69) is 15.1 Å². The molecular formula is C15H24N4O2. The highest BCUT2D eigenvalue weighted by Crippen LogP contribution is 2.30. The first-order chi connectivity index (χ1) is 10.2. The van der Waals surface area contributed by atoms with Crippen LogP contribution in [-0.4, -0.2) is 51.1 Å². The van der Waals surface area contributed by atoms with Gasteiger partial charge in [0, 0.05) is 32.0 Å². The third-order valence-electron chi connectivity index (χ3n) is 4.71. The topological polar surface area (TPSA) is 62.5 Å². The Balaban J connectivity index is 1.68. The van der Waals surface area contributed by atoms with E-state index < -0.39 is 0 Å². The molecule has 0 radical (unpaired) electrons. The normalized spacial score (nSPS) is 26.7. The molecule has 1 amide bonds. The number of amides is 1. The summed E-state index contributed by atoms with van der Waals surface area (Å²) in [5, 5.41) is 8.16. The Kier molecular flexibility index (Phi) is 4.24. The highest BCUT2D eigenvalue weighted by molar-refractivity contribution is 5.74. The minimum atomic E-state index is 0.204. The first kappa shape index (κ1) is 14.5. The summed E-state index contributed by atoms with van der Waals surface area (Å²) in [6, 6.07) is 0.798. The SMILES string of the molecule is CCc1nnc(CN2CCC[C@@H]2[C@H]2CCCN2C(C)=O)o1. The maximum Gasteiger partial charge on any atom is 0.230 e. The molecule has 0 saturated carbocycles. The lowest BCUT2D eigenvalue weighted by Crippen LogP contribution is -2.47. The Hall–Kier alpha value is -1.43. The first-order valence-electron chi connectivity index (χ1n) is 8.01. The zero-order valence-corrected chi connectivity index (χ0v) is 12.9. The summed E-state index contributed by atoms with van der Waals surface area (Å²) in [5.74, 6) is 1.61. The van der Waals surface area contributed by atoms with Crippen LogP contribution in [0.15, 0.2) is 4.42 Å². The van der Waals surface area contributed by atoms with Gasteiger partial charge < -0.3 is 9.32 Å². The third-order valence-corrected chi connectivity index (χ3v) is 4.71. The maximum absolute atomic E-state index is 11.8. The number of hydrogen-bond acceptors (Lipinski definition) is 5. The van der Waals surface area contributed by atoms with E-state index >= 15 is 0 Å². The number of aromatic nitrogens is 2. The molecule has 0 unspecified atom stereocenters. The van der Waals surface area contributed by atoms with Gasteiger partial charge in [-0.3, -0.25) is 9.69 Å².